The highest BCUT2D eigenvalue weighted by atomic mass is 15.1. The van der Waals surface area contributed by atoms with E-state index in [0.717, 1.165) is 39.3 Å². The first-order chi connectivity index (χ1) is 37.3. The Kier molecular flexibility index (Phi) is 10.7. The third-order valence-corrected chi connectivity index (χ3v) is 16.1. The van der Waals surface area contributed by atoms with Crippen molar-refractivity contribution in [3.63, 3.8) is 0 Å². The molecule has 1 heteroatoms. The molecule has 0 amide bonds. The van der Waals surface area contributed by atoms with E-state index in [0.29, 0.717) is 0 Å². The topological polar surface area (TPSA) is 3.24 Å². The van der Waals surface area contributed by atoms with Gasteiger partial charge in [-0.25, -0.2) is 0 Å². The molecule has 12 aromatic carbocycles. The minimum Gasteiger partial charge on any atom is -0.309 e. The van der Waals surface area contributed by atoms with Gasteiger partial charge in [0.05, 0.1) is 22.2 Å². The molecule has 352 valence electrons. The molecule has 0 N–H and O–H groups in total. The number of hydrogen-bond donors (Lipinski definition) is 0. The molecule has 2 aliphatic rings. The maximum atomic E-state index is 2.61. The van der Waals surface area contributed by atoms with E-state index >= 15 is 0 Å². The van der Waals surface area contributed by atoms with Crippen LogP contribution in [0.5, 0.6) is 0 Å². The average molecular weight is 954 g/mol. The zero-order chi connectivity index (χ0) is 49.8. The second kappa shape index (κ2) is 18.2. The van der Waals surface area contributed by atoms with Crippen LogP contribution in [0.3, 0.4) is 0 Å². The van der Waals surface area contributed by atoms with Crippen LogP contribution in [0, 0.1) is 0 Å². The molecule has 0 bridgehead atoms. The summed E-state index contributed by atoms with van der Waals surface area (Å²) in [5.74, 6) is 0. The SMILES string of the molecule is c1ccc(-c2ccccc2-c2c(-c3ccccc3)cccc2N(c2ccc3c(c2)C(c2ccccc2)(c2ccccc2)c2ccccc2-3)c2cccc3c2-c2ccccc2C3(c2ccccc2)c2ccccc2)cc1. The van der Waals surface area contributed by atoms with Gasteiger partial charge in [-0.15, -0.1) is 0 Å². The normalized spacial score (nSPS) is 13.3. The maximum Gasteiger partial charge on any atom is 0.0714 e. The third kappa shape index (κ3) is 6.78. The summed E-state index contributed by atoms with van der Waals surface area (Å²) >= 11 is 0. The molecule has 0 unspecified atom stereocenters. The molecular formula is C74H51N. The lowest BCUT2D eigenvalue weighted by Crippen LogP contribution is -2.29. The lowest BCUT2D eigenvalue weighted by Gasteiger charge is -2.36. The van der Waals surface area contributed by atoms with Crippen molar-refractivity contribution in [1.82, 2.24) is 0 Å². The highest BCUT2D eigenvalue weighted by molar-refractivity contribution is 6.05. The minimum atomic E-state index is -0.605. The van der Waals surface area contributed by atoms with Crippen LogP contribution < -0.4 is 4.90 Å². The van der Waals surface area contributed by atoms with Crippen molar-refractivity contribution in [2.45, 2.75) is 10.8 Å². The molecule has 0 aromatic heterocycles. The van der Waals surface area contributed by atoms with Crippen molar-refractivity contribution in [1.29, 1.82) is 0 Å². The van der Waals surface area contributed by atoms with Crippen LogP contribution in [-0.2, 0) is 10.8 Å². The van der Waals surface area contributed by atoms with Gasteiger partial charge in [0.2, 0.25) is 0 Å². The molecule has 14 rings (SSSR count). The molecule has 0 aliphatic heterocycles. The van der Waals surface area contributed by atoms with Gasteiger partial charge < -0.3 is 4.90 Å². The van der Waals surface area contributed by atoms with Crippen molar-refractivity contribution < 1.29 is 0 Å². The van der Waals surface area contributed by atoms with Gasteiger partial charge in [0.15, 0.2) is 0 Å². The van der Waals surface area contributed by atoms with Crippen molar-refractivity contribution in [2.24, 2.45) is 0 Å². The molecule has 2 aliphatic carbocycles. The summed E-state index contributed by atoms with van der Waals surface area (Å²) in [7, 11) is 0. The second-order valence-corrected chi connectivity index (χ2v) is 19.8. The van der Waals surface area contributed by atoms with E-state index in [-0.39, 0.29) is 0 Å². The van der Waals surface area contributed by atoms with E-state index in [9.17, 15) is 0 Å². The zero-order valence-electron chi connectivity index (χ0n) is 41.4. The van der Waals surface area contributed by atoms with Gasteiger partial charge in [-0.3, -0.25) is 0 Å². The first kappa shape index (κ1) is 44.2. The van der Waals surface area contributed by atoms with Crippen molar-refractivity contribution in [3.8, 4) is 55.6 Å². The molecule has 75 heavy (non-hydrogen) atoms. The fraction of sp³-hybridized carbons (Fsp3) is 0.0270. The van der Waals surface area contributed by atoms with Gasteiger partial charge in [0.25, 0.3) is 0 Å². The van der Waals surface area contributed by atoms with Crippen molar-refractivity contribution in [2.75, 3.05) is 4.90 Å². The fourth-order valence-corrected chi connectivity index (χ4v) is 13.1. The molecule has 0 heterocycles. The predicted octanol–water partition coefficient (Wildman–Crippen LogP) is 18.9. The Hall–Kier alpha value is -9.56. The summed E-state index contributed by atoms with van der Waals surface area (Å²) in [6.45, 7) is 0. The lowest BCUT2D eigenvalue weighted by atomic mass is 9.67. The first-order valence-electron chi connectivity index (χ1n) is 26.1. The van der Waals surface area contributed by atoms with Crippen LogP contribution in [0.15, 0.2) is 309 Å². The summed E-state index contributed by atoms with van der Waals surface area (Å²) in [4.78, 5) is 2.61. The van der Waals surface area contributed by atoms with Crippen LogP contribution in [0.2, 0.25) is 0 Å². The van der Waals surface area contributed by atoms with Crippen LogP contribution in [0.25, 0.3) is 55.6 Å². The predicted molar refractivity (Wildman–Crippen MR) is 312 cm³/mol. The summed E-state index contributed by atoms with van der Waals surface area (Å²) in [5, 5.41) is 0. The fourth-order valence-electron chi connectivity index (χ4n) is 13.1. The summed E-state index contributed by atoms with van der Waals surface area (Å²) < 4.78 is 0. The molecule has 12 aromatic rings. The van der Waals surface area contributed by atoms with Gasteiger partial charge in [-0.2, -0.15) is 0 Å². The molecule has 0 atom stereocenters. The number of hydrogen-bond acceptors (Lipinski definition) is 1. The second-order valence-electron chi connectivity index (χ2n) is 19.8. The van der Waals surface area contributed by atoms with E-state index in [1.54, 1.807) is 0 Å². The van der Waals surface area contributed by atoms with Crippen LogP contribution >= 0.6 is 0 Å². The van der Waals surface area contributed by atoms with E-state index in [1.807, 2.05) is 0 Å². The molecule has 0 fully saturated rings. The van der Waals surface area contributed by atoms with Crippen LogP contribution in [-0.4, -0.2) is 0 Å². The molecule has 0 saturated heterocycles. The van der Waals surface area contributed by atoms with E-state index in [2.05, 4.69) is 314 Å². The smallest absolute Gasteiger partial charge is 0.0714 e. The first-order valence-corrected chi connectivity index (χ1v) is 26.1. The molecule has 0 spiro atoms. The largest absolute Gasteiger partial charge is 0.309 e. The summed E-state index contributed by atoms with van der Waals surface area (Å²) in [6.07, 6.45) is 0. The standard InChI is InChI=1S/C74H51N/c1-7-27-52(28-8-1)59-39-19-20-41-63(59)71-60(53-29-9-2-10-30-53)43-25-47-69(71)75(58-49-50-62-61-40-21-23-44-65(61)74(68(62)51-58,56-35-15-5-16-36-56)57-37-17-6-18-38-57)70-48-26-46-67-72(70)64-42-22-24-45-66(64)73(67,54-31-11-3-12-32-54)55-33-13-4-14-34-55/h1-51H. The van der Waals surface area contributed by atoms with Gasteiger partial charge in [-0.05, 0) is 113 Å². The average Bonchev–Trinajstić information content (AvgIpc) is 4.06. The van der Waals surface area contributed by atoms with Crippen molar-refractivity contribution >= 4 is 17.1 Å². The highest BCUT2D eigenvalue weighted by Gasteiger charge is 2.49. The molecular weight excluding hydrogens is 903 g/mol. The summed E-state index contributed by atoms with van der Waals surface area (Å²) in [5.41, 5.74) is 24.0. The quantitative estimate of drug-likeness (QED) is 0.132. The number of benzene rings is 12. The van der Waals surface area contributed by atoms with Gasteiger partial charge in [0, 0.05) is 16.8 Å². The van der Waals surface area contributed by atoms with Crippen molar-refractivity contribution in [3.05, 3.63) is 354 Å². The van der Waals surface area contributed by atoms with Crippen LogP contribution in [0.1, 0.15) is 44.5 Å². The third-order valence-electron chi connectivity index (χ3n) is 16.1. The molecule has 0 saturated carbocycles. The van der Waals surface area contributed by atoms with E-state index in [1.165, 1.54) is 77.9 Å². The number of rotatable bonds is 10. The van der Waals surface area contributed by atoms with Gasteiger partial charge >= 0.3 is 0 Å². The van der Waals surface area contributed by atoms with E-state index < -0.39 is 10.8 Å². The zero-order valence-corrected chi connectivity index (χ0v) is 41.4. The Balaban J connectivity index is 1.14. The van der Waals surface area contributed by atoms with E-state index in [4.69, 9.17) is 0 Å². The number of anilines is 3. The Morgan fingerprint density at radius 2 is 0.573 bits per heavy atom. The van der Waals surface area contributed by atoms with Gasteiger partial charge in [0.1, 0.15) is 0 Å². The Bertz CT molecular complexity index is 3960. The maximum absolute atomic E-state index is 2.61. The Morgan fingerprint density at radius 3 is 1.12 bits per heavy atom. The Labute approximate surface area is 440 Å². The molecule has 1 nitrogen and oxygen atoms in total. The minimum absolute atomic E-state index is 0.597. The van der Waals surface area contributed by atoms with Crippen LogP contribution in [0.4, 0.5) is 17.1 Å². The monoisotopic (exact) mass is 953 g/mol. The highest BCUT2D eigenvalue weighted by Crippen LogP contribution is 2.62. The van der Waals surface area contributed by atoms with Gasteiger partial charge in [-0.1, -0.05) is 285 Å². The molecule has 0 radical (unpaired) electrons. The Morgan fingerprint density at radius 1 is 0.213 bits per heavy atom. The number of nitrogens with zero attached hydrogens (tertiary/aromatic N) is 1. The lowest BCUT2D eigenvalue weighted by molar-refractivity contribution is 0.768. The number of fused-ring (bicyclic) bond motifs is 6. The summed E-state index contributed by atoms with van der Waals surface area (Å²) in [6, 6.07) is 115.